The molecular formula is C15H28N4O2. The molecule has 0 unspecified atom stereocenters. The summed E-state index contributed by atoms with van der Waals surface area (Å²) in [6, 6.07) is -0.387. The Hall–Kier alpha value is -1.59. The zero-order chi connectivity index (χ0) is 15.5. The van der Waals surface area contributed by atoms with E-state index in [-0.39, 0.29) is 18.5 Å². The van der Waals surface area contributed by atoms with Crippen LogP contribution in [0.25, 0.3) is 0 Å². The van der Waals surface area contributed by atoms with Crippen LogP contribution in [0.2, 0.25) is 0 Å². The second kappa shape index (κ2) is 10.2. The molecule has 6 nitrogen and oxygen atoms in total. The molecule has 1 fully saturated rings. The summed E-state index contributed by atoms with van der Waals surface area (Å²) < 4.78 is 0. The van der Waals surface area contributed by atoms with Gasteiger partial charge in [-0.15, -0.1) is 0 Å². The number of amides is 3. The average Bonchev–Trinajstić information content (AvgIpc) is 2.75. The van der Waals surface area contributed by atoms with Crippen molar-refractivity contribution in [2.45, 2.75) is 58.3 Å². The van der Waals surface area contributed by atoms with Gasteiger partial charge in [-0.3, -0.25) is 10.1 Å². The van der Waals surface area contributed by atoms with Crippen LogP contribution in [0.4, 0.5) is 4.79 Å². The predicted octanol–water partition coefficient (Wildman–Crippen LogP) is 2.25. The number of guanidine groups is 1. The van der Waals surface area contributed by atoms with Gasteiger partial charge in [0, 0.05) is 13.6 Å². The Morgan fingerprint density at radius 1 is 1.19 bits per heavy atom. The van der Waals surface area contributed by atoms with E-state index < -0.39 is 0 Å². The maximum Gasteiger partial charge on any atom is 0.344 e. The minimum absolute atomic E-state index is 0.132. The van der Waals surface area contributed by atoms with Crippen molar-refractivity contribution in [3.63, 3.8) is 0 Å². The average molecular weight is 296 g/mol. The van der Waals surface area contributed by atoms with E-state index in [0.717, 1.165) is 12.8 Å². The molecule has 21 heavy (non-hydrogen) atoms. The number of carbonyl (C=O) groups is 2. The lowest BCUT2D eigenvalue weighted by Gasteiger charge is -2.08. The zero-order valence-electron chi connectivity index (χ0n) is 13.3. The Morgan fingerprint density at radius 3 is 2.38 bits per heavy atom. The summed E-state index contributed by atoms with van der Waals surface area (Å²) in [4.78, 5) is 28.1. The van der Waals surface area contributed by atoms with Crippen LogP contribution in [0.5, 0.6) is 0 Å². The standard InChI is InChI=1S/C15H28N4O2/c1-3-4-5-6-7-8-9-10-11-16-15(21)18-14-17-13(20)12-19(14)2/h3-12H2,1-2H3,(H2,16,17,18,20,21). The van der Waals surface area contributed by atoms with Crippen LogP contribution in [0.15, 0.2) is 4.99 Å². The highest BCUT2D eigenvalue weighted by molar-refractivity contribution is 6.07. The van der Waals surface area contributed by atoms with Crippen molar-refractivity contribution in [1.82, 2.24) is 15.5 Å². The van der Waals surface area contributed by atoms with Gasteiger partial charge in [-0.2, -0.15) is 4.99 Å². The van der Waals surface area contributed by atoms with Crippen molar-refractivity contribution in [2.24, 2.45) is 4.99 Å². The fourth-order valence-corrected chi connectivity index (χ4v) is 2.25. The Bertz CT molecular complexity index is 369. The minimum Gasteiger partial charge on any atom is -0.336 e. The summed E-state index contributed by atoms with van der Waals surface area (Å²) in [5.74, 6) is 0.195. The summed E-state index contributed by atoms with van der Waals surface area (Å²) in [7, 11) is 1.72. The Morgan fingerprint density at radius 2 is 1.81 bits per heavy atom. The normalized spacial score (nSPS) is 16.4. The third kappa shape index (κ3) is 7.68. The monoisotopic (exact) mass is 296 g/mol. The fourth-order valence-electron chi connectivity index (χ4n) is 2.25. The van der Waals surface area contributed by atoms with Gasteiger partial charge in [-0.05, 0) is 6.42 Å². The van der Waals surface area contributed by atoms with Crippen molar-refractivity contribution < 1.29 is 9.59 Å². The molecule has 0 atom stereocenters. The zero-order valence-corrected chi connectivity index (χ0v) is 13.3. The number of unbranched alkanes of at least 4 members (excludes halogenated alkanes) is 7. The lowest BCUT2D eigenvalue weighted by molar-refractivity contribution is -0.118. The van der Waals surface area contributed by atoms with Gasteiger partial charge in [0.2, 0.25) is 11.9 Å². The molecule has 0 aromatic heterocycles. The van der Waals surface area contributed by atoms with Crippen LogP contribution in [-0.4, -0.2) is 42.9 Å². The molecule has 0 saturated carbocycles. The van der Waals surface area contributed by atoms with E-state index in [1.807, 2.05) is 0 Å². The van der Waals surface area contributed by atoms with Gasteiger partial charge in [0.05, 0.1) is 6.54 Å². The molecule has 1 saturated heterocycles. The van der Waals surface area contributed by atoms with Crippen LogP contribution in [0.1, 0.15) is 58.3 Å². The van der Waals surface area contributed by atoms with E-state index in [1.165, 1.54) is 38.5 Å². The van der Waals surface area contributed by atoms with Crippen molar-refractivity contribution in [2.75, 3.05) is 20.1 Å². The van der Waals surface area contributed by atoms with Gasteiger partial charge in [0.25, 0.3) is 0 Å². The van der Waals surface area contributed by atoms with E-state index in [0.29, 0.717) is 12.5 Å². The molecule has 1 aliphatic rings. The predicted molar refractivity (Wildman–Crippen MR) is 84.2 cm³/mol. The molecule has 0 radical (unpaired) electrons. The number of hydrogen-bond donors (Lipinski definition) is 2. The SMILES string of the molecule is CCCCCCCCCCNC(=O)N=C1NC(=O)CN1C. The number of likely N-dealkylation sites (N-methyl/N-ethyl adjacent to an activating group) is 1. The van der Waals surface area contributed by atoms with E-state index in [9.17, 15) is 9.59 Å². The second-order valence-corrected chi connectivity index (χ2v) is 5.55. The second-order valence-electron chi connectivity index (χ2n) is 5.55. The van der Waals surface area contributed by atoms with Crippen molar-refractivity contribution in [1.29, 1.82) is 0 Å². The molecule has 0 aromatic carbocycles. The van der Waals surface area contributed by atoms with Gasteiger partial charge < -0.3 is 10.2 Å². The highest BCUT2D eigenvalue weighted by atomic mass is 16.2. The molecule has 0 aromatic rings. The largest absolute Gasteiger partial charge is 0.344 e. The van der Waals surface area contributed by atoms with Gasteiger partial charge in [-0.1, -0.05) is 51.9 Å². The van der Waals surface area contributed by atoms with Gasteiger partial charge in [0.15, 0.2) is 0 Å². The van der Waals surface area contributed by atoms with Crippen molar-refractivity contribution >= 4 is 17.9 Å². The van der Waals surface area contributed by atoms with E-state index in [2.05, 4.69) is 22.5 Å². The van der Waals surface area contributed by atoms with E-state index >= 15 is 0 Å². The number of urea groups is 1. The molecule has 2 N–H and O–H groups in total. The Labute approximate surface area is 127 Å². The first-order chi connectivity index (χ1) is 10.1. The van der Waals surface area contributed by atoms with E-state index in [1.54, 1.807) is 11.9 Å². The molecule has 0 aliphatic carbocycles. The van der Waals surface area contributed by atoms with Gasteiger partial charge in [0.1, 0.15) is 0 Å². The summed E-state index contributed by atoms with van der Waals surface area (Å²) in [6.07, 6.45) is 9.90. The van der Waals surface area contributed by atoms with Crippen molar-refractivity contribution in [3.8, 4) is 0 Å². The lowest BCUT2D eigenvalue weighted by Crippen LogP contribution is -2.31. The molecular weight excluding hydrogens is 268 g/mol. The Balaban J connectivity index is 2.01. The minimum atomic E-state index is -0.387. The Kier molecular flexibility index (Phi) is 8.47. The highest BCUT2D eigenvalue weighted by Gasteiger charge is 2.21. The van der Waals surface area contributed by atoms with Crippen LogP contribution in [0, 0.1) is 0 Å². The highest BCUT2D eigenvalue weighted by Crippen LogP contribution is 2.07. The van der Waals surface area contributed by atoms with Crippen LogP contribution in [-0.2, 0) is 4.79 Å². The molecule has 3 amide bonds. The number of rotatable bonds is 9. The number of aliphatic imine (C=N–C) groups is 1. The lowest BCUT2D eigenvalue weighted by atomic mass is 10.1. The van der Waals surface area contributed by atoms with Crippen LogP contribution in [0.3, 0.4) is 0 Å². The number of carbonyl (C=O) groups excluding carboxylic acids is 2. The quantitative estimate of drug-likeness (QED) is 0.641. The number of nitrogens with zero attached hydrogens (tertiary/aromatic N) is 2. The smallest absolute Gasteiger partial charge is 0.336 e. The van der Waals surface area contributed by atoms with Gasteiger partial charge in [-0.25, -0.2) is 4.79 Å². The van der Waals surface area contributed by atoms with E-state index in [4.69, 9.17) is 0 Å². The maximum absolute atomic E-state index is 11.6. The topological polar surface area (TPSA) is 73.8 Å². The first-order valence-electron chi connectivity index (χ1n) is 8.01. The fraction of sp³-hybridized carbons (Fsp3) is 0.800. The molecule has 6 heteroatoms. The first kappa shape index (κ1) is 17.5. The molecule has 120 valence electrons. The molecule has 1 heterocycles. The first-order valence-corrected chi connectivity index (χ1v) is 8.01. The third-order valence-electron chi connectivity index (χ3n) is 3.51. The summed E-state index contributed by atoms with van der Waals surface area (Å²) in [5, 5.41) is 5.30. The molecule has 1 rings (SSSR count). The van der Waals surface area contributed by atoms with Crippen LogP contribution < -0.4 is 10.6 Å². The summed E-state index contributed by atoms with van der Waals surface area (Å²) in [5.41, 5.74) is 0. The molecule has 1 aliphatic heterocycles. The summed E-state index contributed by atoms with van der Waals surface area (Å²) in [6.45, 7) is 3.12. The number of nitrogens with one attached hydrogen (secondary N) is 2. The summed E-state index contributed by atoms with van der Waals surface area (Å²) >= 11 is 0. The third-order valence-corrected chi connectivity index (χ3v) is 3.51. The molecule has 0 spiro atoms. The van der Waals surface area contributed by atoms with Gasteiger partial charge >= 0.3 is 6.03 Å². The maximum atomic E-state index is 11.6. The van der Waals surface area contributed by atoms with Crippen molar-refractivity contribution in [3.05, 3.63) is 0 Å². The molecule has 0 bridgehead atoms. The number of hydrogen-bond acceptors (Lipinski definition) is 2. The van der Waals surface area contributed by atoms with Crippen LogP contribution >= 0.6 is 0 Å².